The summed E-state index contributed by atoms with van der Waals surface area (Å²) in [7, 11) is 0. The SMILES string of the molecule is CC1(C)OCC(c2ccccc2C2CCCCN2)O1. The van der Waals surface area contributed by atoms with Gasteiger partial charge in [0.1, 0.15) is 6.10 Å². The summed E-state index contributed by atoms with van der Waals surface area (Å²) < 4.78 is 11.7. The van der Waals surface area contributed by atoms with E-state index in [0.717, 1.165) is 6.54 Å². The van der Waals surface area contributed by atoms with Crippen molar-refractivity contribution in [2.24, 2.45) is 0 Å². The highest BCUT2D eigenvalue weighted by atomic mass is 16.7. The minimum Gasteiger partial charge on any atom is -0.347 e. The van der Waals surface area contributed by atoms with E-state index in [-0.39, 0.29) is 6.10 Å². The second kappa shape index (κ2) is 5.23. The molecule has 3 rings (SSSR count). The van der Waals surface area contributed by atoms with Crippen LogP contribution in [0, 0.1) is 0 Å². The van der Waals surface area contributed by atoms with Gasteiger partial charge in [0.25, 0.3) is 0 Å². The molecule has 0 saturated carbocycles. The molecule has 2 heterocycles. The monoisotopic (exact) mass is 261 g/mol. The fourth-order valence-corrected chi connectivity index (χ4v) is 3.08. The molecule has 0 bridgehead atoms. The third-order valence-electron chi connectivity index (χ3n) is 4.04. The van der Waals surface area contributed by atoms with E-state index in [1.165, 1.54) is 30.4 Å². The molecule has 2 saturated heterocycles. The molecule has 0 aliphatic carbocycles. The van der Waals surface area contributed by atoms with E-state index in [1.54, 1.807) is 0 Å². The Kier molecular flexibility index (Phi) is 3.61. The van der Waals surface area contributed by atoms with Gasteiger partial charge in [-0.05, 0) is 44.4 Å². The van der Waals surface area contributed by atoms with Gasteiger partial charge in [0.05, 0.1) is 6.61 Å². The molecule has 0 aromatic heterocycles. The molecule has 1 N–H and O–H groups in total. The predicted octanol–water partition coefficient (Wildman–Crippen LogP) is 3.33. The van der Waals surface area contributed by atoms with Gasteiger partial charge in [-0.1, -0.05) is 30.7 Å². The van der Waals surface area contributed by atoms with E-state index in [4.69, 9.17) is 9.47 Å². The Balaban J connectivity index is 1.85. The maximum Gasteiger partial charge on any atom is 0.163 e. The highest BCUT2D eigenvalue weighted by Crippen LogP contribution is 2.37. The summed E-state index contributed by atoms with van der Waals surface area (Å²) in [5, 5.41) is 3.62. The Hall–Kier alpha value is -0.900. The zero-order chi connectivity index (χ0) is 13.3. The molecule has 0 amide bonds. The summed E-state index contributed by atoms with van der Waals surface area (Å²) in [4.78, 5) is 0. The summed E-state index contributed by atoms with van der Waals surface area (Å²) in [6, 6.07) is 9.10. The van der Waals surface area contributed by atoms with E-state index in [9.17, 15) is 0 Å². The molecule has 2 fully saturated rings. The number of nitrogens with one attached hydrogen (secondary N) is 1. The number of benzene rings is 1. The second-order valence-electron chi connectivity index (χ2n) is 5.95. The van der Waals surface area contributed by atoms with E-state index in [0.29, 0.717) is 12.6 Å². The average molecular weight is 261 g/mol. The highest BCUT2D eigenvalue weighted by molar-refractivity contribution is 5.33. The lowest BCUT2D eigenvalue weighted by Gasteiger charge is -2.27. The van der Waals surface area contributed by atoms with Gasteiger partial charge in [-0.3, -0.25) is 0 Å². The van der Waals surface area contributed by atoms with Crippen molar-refractivity contribution in [2.75, 3.05) is 13.2 Å². The van der Waals surface area contributed by atoms with Crippen LogP contribution in [-0.4, -0.2) is 18.9 Å². The zero-order valence-electron chi connectivity index (χ0n) is 11.8. The number of piperidine rings is 1. The van der Waals surface area contributed by atoms with Gasteiger partial charge in [-0.15, -0.1) is 0 Å². The number of hydrogen-bond acceptors (Lipinski definition) is 3. The van der Waals surface area contributed by atoms with Crippen molar-refractivity contribution >= 4 is 0 Å². The molecule has 0 spiro atoms. The molecule has 104 valence electrons. The molecule has 19 heavy (non-hydrogen) atoms. The van der Waals surface area contributed by atoms with Gasteiger partial charge in [-0.2, -0.15) is 0 Å². The fourth-order valence-electron chi connectivity index (χ4n) is 3.08. The molecule has 2 aliphatic heterocycles. The first-order valence-corrected chi connectivity index (χ1v) is 7.30. The third kappa shape index (κ3) is 2.83. The fraction of sp³-hybridized carbons (Fsp3) is 0.625. The standard InChI is InChI=1S/C16H23NO2/c1-16(2)18-11-15(19-16)13-8-4-3-7-12(13)14-9-5-6-10-17-14/h3-4,7-8,14-15,17H,5-6,9-11H2,1-2H3. The number of ether oxygens (including phenoxy) is 2. The Morgan fingerprint density at radius 2 is 1.95 bits per heavy atom. The van der Waals surface area contributed by atoms with E-state index < -0.39 is 5.79 Å². The Labute approximate surface area is 115 Å². The molecule has 2 atom stereocenters. The lowest BCUT2D eigenvalue weighted by Crippen LogP contribution is -2.28. The van der Waals surface area contributed by atoms with Gasteiger partial charge >= 0.3 is 0 Å². The maximum absolute atomic E-state index is 6.02. The van der Waals surface area contributed by atoms with Crippen LogP contribution in [0.4, 0.5) is 0 Å². The first-order valence-electron chi connectivity index (χ1n) is 7.30. The molecule has 1 aromatic rings. The van der Waals surface area contributed by atoms with Gasteiger partial charge in [-0.25, -0.2) is 0 Å². The van der Waals surface area contributed by atoms with Crippen LogP contribution in [-0.2, 0) is 9.47 Å². The summed E-state index contributed by atoms with van der Waals surface area (Å²) in [5.74, 6) is -0.461. The van der Waals surface area contributed by atoms with Crippen molar-refractivity contribution in [3.63, 3.8) is 0 Å². The minimum absolute atomic E-state index is 0.0647. The molecule has 1 aromatic carbocycles. The molecule has 2 aliphatic rings. The first-order chi connectivity index (χ1) is 9.16. The van der Waals surface area contributed by atoms with Gasteiger partial charge < -0.3 is 14.8 Å². The normalized spacial score (nSPS) is 30.4. The van der Waals surface area contributed by atoms with Crippen LogP contribution in [0.1, 0.15) is 56.4 Å². The van der Waals surface area contributed by atoms with Crippen LogP contribution in [0.15, 0.2) is 24.3 Å². The van der Waals surface area contributed by atoms with Crippen molar-refractivity contribution in [1.82, 2.24) is 5.32 Å². The van der Waals surface area contributed by atoms with Crippen molar-refractivity contribution in [3.05, 3.63) is 35.4 Å². The van der Waals surface area contributed by atoms with Crippen LogP contribution in [0.3, 0.4) is 0 Å². The largest absolute Gasteiger partial charge is 0.347 e. The van der Waals surface area contributed by atoms with Gasteiger partial charge in [0.2, 0.25) is 0 Å². The van der Waals surface area contributed by atoms with Crippen LogP contribution < -0.4 is 5.32 Å². The highest BCUT2D eigenvalue weighted by Gasteiger charge is 2.35. The summed E-state index contributed by atoms with van der Waals surface area (Å²) >= 11 is 0. The molecule has 2 unspecified atom stereocenters. The van der Waals surface area contributed by atoms with E-state index >= 15 is 0 Å². The topological polar surface area (TPSA) is 30.5 Å². The molecule has 3 nitrogen and oxygen atoms in total. The summed E-state index contributed by atoms with van der Waals surface area (Å²) in [6.45, 7) is 5.73. The Morgan fingerprint density at radius 3 is 2.58 bits per heavy atom. The molecular weight excluding hydrogens is 238 g/mol. The van der Waals surface area contributed by atoms with Crippen molar-refractivity contribution in [1.29, 1.82) is 0 Å². The van der Waals surface area contributed by atoms with E-state index in [1.807, 2.05) is 13.8 Å². The van der Waals surface area contributed by atoms with Gasteiger partial charge in [0, 0.05) is 6.04 Å². The lowest BCUT2D eigenvalue weighted by atomic mass is 9.91. The number of rotatable bonds is 2. The maximum atomic E-state index is 6.02. The van der Waals surface area contributed by atoms with Crippen molar-refractivity contribution in [3.8, 4) is 0 Å². The molecular formula is C16H23NO2. The van der Waals surface area contributed by atoms with Crippen molar-refractivity contribution < 1.29 is 9.47 Å². The number of hydrogen-bond donors (Lipinski definition) is 1. The van der Waals surface area contributed by atoms with Crippen LogP contribution in [0.5, 0.6) is 0 Å². The Morgan fingerprint density at radius 1 is 1.16 bits per heavy atom. The first kappa shape index (κ1) is 13.1. The third-order valence-corrected chi connectivity index (χ3v) is 4.04. The second-order valence-corrected chi connectivity index (χ2v) is 5.95. The van der Waals surface area contributed by atoms with Gasteiger partial charge in [0.15, 0.2) is 5.79 Å². The quantitative estimate of drug-likeness (QED) is 0.886. The van der Waals surface area contributed by atoms with Crippen LogP contribution >= 0.6 is 0 Å². The lowest BCUT2D eigenvalue weighted by molar-refractivity contribution is -0.139. The van der Waals surface area contributed by atoms with Crippen LogP contribution in [0.2, 0.25) is 0 Å². The summed E-state index contributed by atoms with van der Waals surface area (Å²) in [6.07, 6.45) is 3.87. The Bertz CT molecular complexity index is 438. The van der Waals surface area contributed by atoms with E-state index in [2.05, 4.69) is 29.6 Å². The van der Waals surface area contributed by atoms with Crippen molar-refractivity contribution in [2.45, 2.75) is 51.0 Å². The minimum atomic E-state index is -0.461. The average Bonchev–Trinajstić information content (AvgIpc) is 2.80. The van der Waals surface area contributed by atoms with Crippen LogP contribution in [0.25, 0.3) is 0 Å². The smallest absolute Gasteiger partial charge is 0.163 e. The molecule has 0 radical (unpaired) electrons. The summed E-state index contributed by atoms with van der Waals surface area (Å²) in [5.41, 5.74) is 2.67. The zero-order valence-corrected chi connectivity index (χ0v) is 11.8. The predicted molar refractivity (Wildman–Crippen MR) is 74.9 cm³/mol. The molecule has 3 heteroatoms.